The minimum atomic E-state index is 0.423. The molecule has 0 aromatic heterocycles. The third-order valence-electron chi connectivity index (χ3n) is 1.07. The number of nitrogens with two attached hydrogens (primary N) is 1. The molecular formula is C7H6ClN2Se. The van der Waals surface area contributed by atoms with Gasteiger partial charge in [0.1, 0.15) is 0 Å². The number of nitrogens with zero attached hydrogens (tertiary/aromatic N) is 1. The normalized spacial score (nSPS) is 11.5. The van der Waals surface area contributed by atoms with Crippen molar-refractivity contribution in [3.63, 3.8) is 0 Å². The van der Waals surface area contributed by atoms with E-state index >= 15 is 0 Å². The van der Waals surface area contributed by atoms with E-state index in [4.69, 9.17) is 17.3 Å². The van der Waals surface area contributed by atoms with E-state index in [1.807, 2.05) is 0 Å². The molecule has 1 aromatic carbocycles. The molecule has 0 heterocycles. The van der Waals surface area contributed by atoms with Gasteiger partial charge in [-0.15, -0.1) is 0 Å². The van der Waals surface area contributed by atoms with E-state index in [2.05, 4.69) is 21.0 Å². The zero-order valence-corrected chi connectivity index (χ0v) is 8.09. The molecular weight excluding hydrogens is 227 g/mol. The predicted molar refractivity (Wildman–Crippen MR) is 48.5 cm³/mol. The number of rotatable bonds is 1. The van der Waals surface area contributed by atoms with Crippen LogP contribution in [0.2, 0.25) is 5.02 Å². The first-order chi connectivity index (χ1) is 5.18. The Kier molecular flexibility index (Phi) is 2.94. The second-order valence-corrected chi connectivity index (χ2v) is 3.24. The van der Waals surface area contributed by atoms with Crippen molar-refractivity contribution in [3.05, 3.63) is 29.3 Å². The van der Waals surface area contributed by atoms with E-state index in [-0.39, 0.29) is 0 Å². The van der Waals surface area contributed by atoms with E-state index in [1.165, 1.54) is 0 Å². The van der Waals surface area contributed by atoms with E-state index in [0.717, 1.165) is 5.69 Å². The Bertz CT molecular complexity index is 264. The second kappa shape index (κ2) is 3.77. The summed E-state index contributed by atoms with van der Waals surface area (Å²) in [6.45, 7) is 0. The summed E-state index contributed by atoms with van der Waals surface area (Å²) in [5.74, 6) is 0. The molecule has 1 radical (unpaired) electrons. The average Bonchev–Trinajstić information content (AvgIpc) is 1.93. The molecule has 0 unspecified atom stereocenters. The van der Waals surface area contributed by atoms with Gasteiger partial charge in [-0.2, -0.15) is 0 Å². The average molecular weight is 233 g/mol. The van der Waals surface area contributed by atoms with Gasteiger partial charge in [-0.25, -0.2) is 0 Å². The molecule has 0 aliphatic heterocycles. The molecule has 2 nitrogen and oxygen atoms in total. The molecule has 0 saturated carbocycles. The molecule has 0 fully saturated rings. The van der Waals surface area contributed by atoms with Gasteiger partial charge in [-0.05, 0) is 0 Å². The molecule has 0 aliphatic carbocycles. The third kappa shape index (κ3) is 2.93. The van der Waals surface area contributed by atoms with Crippen LogP contribution in [0.1, 0.15) is 0 Å². The molecule has 11 heavy (non-hydrogen) atoms. The topological polar surface area (TPSA) is 38.4 Å². The maximum atomic E-state index is 5.66. The first-order valence-electron chi connectivity index (χ1n) is 2.95. The molecule has 2 N–H and O–H groups in total. The Labute approximate surface area is 78.3 Å². The summed E-state index contributed by atoms with van der Waals surface area (Å²) >= 11 is 8.26. The molecule has 0 aliphatic rings. The van der Waals surface area contributed by atoms with Crippen molar-refractivity contribution in [2.45, 2.75) is 0 Å². The van der Waals surface area contributed by atoms with Gasteiger partial charge in [0.15, 0.2) is 0 Å². The Morgan fingerprint density at radius 2 is 1.91 bits per heavy atom. The number of amidine groups is 1. The van der Waals surface area contributed by atoms with Crippen LogP contribution in [0, 0.1) is 0 Å². The van der Waals surface area contributed by atoms with Gasteiger partial charge in [-0.1, -0.05) is 0 Å². The van der Waals surface area contributed by atoms with Crippen molar-refractivity contribution < 1.29 is 0 Å². The maximum absolute atomic E-state index is 5.66. The van der Waals surface area contributed by atoms with Crippen molar-refractivity contribution >= 4 is 38.0 Å². The number of aliphatic imine (C=N–C) groups is 1. The summed E-state index contributed by atoms with van der Waals surface area (Å²) in [6, 6.07) is 7.13. The first-order valence-corrected chi connectivity index (χ1v) is 4.18. The van der Waals surface area contributed by atoms with Gasteiger partial charge in [0.05, 0.1) is 0 Å². The van der Waals surface area contributed by atoms with E-state index in [1.54, 1.807) is 24.3 Å². The molecule has 0 amide bonds. The third-order valence-corrected chi connectivity index (χ3v) is 1.51. The molecule has 0 saturated heterocycles. The number of hydrogen-bond donors (Lipinski definition) is 1. The zero-order valence-electron chi connectivity index (χ0n) is 5.62. The monoisotopic (exact) mass is 233 g/mol. The van der Waals surface area contributed by atoms with Crippen LogP contribution in [0.4, 0.5) is 5.69 Å². The van der Waals surface area contributed by atoms with Crippen LogP contribution in [0.25, 0.3) is 0 Å². The van der Waals surface area contributed by atoms with Crippen molar-refractivity contribution in [1.29, 1.82) is 0 Å². The summed E-state index contributed by atoms with van der Waals surface area (Å²) in [7, 11) is 0. The van der Waals surface area contributed by atoms with Gasteiger partial charge >= 0.3 is 78.0 Å². The minimum absolute atomic E-state index is 0.423. The first kappa shape index (κ1) is 8.59. The Morgan fingerprint density at radius 1 is 1.36 bits per heavy atom. The standard InChI is InChI=1S/C7H6ClN2Se/c8-5-1-3-6(4-2-5)10-7(9)11/h1-4H,(H2,9,10). The Hall–Kier alpha value is -0.501. The second-order valence-electron chi connectivity index (χ2n) is 1.93. The Balaban J connectivity index is 2.91. The summed E-state index contributed by atoms with van der Waals surface area (Å²) < 4.78 is 0.423. The van der Waals surface area contributed by atoms with Crippen LogP contribution in [0.3, 0.4) is 0 Å². The van der Waals surface area contributed by atoms with Crippen LogP contribution < -0.4 is 5.73 Å². The summed E-state index contributed by atoms with van der Waals surface area (Å²) in [5.41, 5.74) is 6.12. The number of halogens is 1. The van der Waals surface area contributed by atoms with Gasteiger partial charge in [-0.3, -0.25) is 0 Å². The fourth-order valence-electron chi connectivity index (χ4n) is 0.643. The summed E-state index contributed by atoms with van der Waals surface area (Å²) in [6.07, 6.45) is 0. The van der Waals surface area contributed by atoms with Crippen molar-refractivity contribution in [2.24, 2.45) is 10.7 Å². The van der Waals surface area contributed by atoms with Crippen LogP contribution in [-0.2, 0) is 0 Å². The fraction of sp³-hybridized carbons (Fsp3) is 0. The molecule has 0 spiro atoms. The van der Waals surface area contributed by atoms with Gasteiger partial charge in [0.2, 0.25) is 0 Å². The predicted octanol–water partition coefficient (Wildman–Crippen LogP) is 1.45. The van der Waals surface area contributed by atoms with Crippen LogP contribution in [0.15, 0.2) is 29.3 Å². The number of hydrogen-bond acceptors (Lipinski definition) is 1. The SMILES string of the molecule is NC([Se])=Nc1ccc(Cl)cc1. The zero-order chi connectivity index (χ0) is 8.27. The van der Waals surface area contributed by atoms with Crippen molar-refractivity contribution in [3.8, 4) is 0 Å². The Morgan fingerprint density at radius 3 is 2.36 bits per heavy atom. The van der Waals surface area contributed by atoms with E-state index in [9.17, 15) is 0 Å². The van der Waals surface area contributed by atoms with E-state index in [0.29, 0.717) is 9.76 Å². The van der Waals surface area contributed by atoms with Gasteiger partial charge in [0, 0.05) is 0 Å². The van der Waals surface area contributed by atoms with Crippen molar-refractivity contribution in [1.82, 2.24) is 0 Å². The van der Waals surface area contributed by atoms with Crippen LogP contribution in [-0.4, -0.2) is 20.7 Å². The van der Waals surface area contributed by atoms with Crippen LogP contribution >= 0.6 is 11.6 Å². The summed E-state index contributed by atoms with van der Waals surface area (Å²) in [5, 5.41) is 0.697. The molecule has 1 aromatic rings. The fourth-order valence-corrected chi connectivity index (χ4v) is 0.990. The number of benzene rings is 1. The van der Waals surface area contributed by atoms with E-state index < -0.39 is 0 Å². The molecule has 57 valence electrons. The molecule has 0 atom stereocenters. The van der Waals surface area contributed by atoms with Gasteiger partial charge < -0.3 is 0 Å². The quantitative estimate of drug-likeness (QED) is 0.444. The van der Waals surface area contributed by atoms with Crippen LogP contribution in [0.5, 0.6) is 0 Å². The molecule has 4 heteroatoms. The van der Waals surface area contributed by atoms with Gasteiger partial charge in [0.25, 0.3) is 0 Å². The van der Waals surface area contributed by atoms with Crippen molar-refractivity contribution in [2.75, 3.05) is 0 Å². The molecule has 0 bridgehead atoms. The summed E-state index contributed by atoms with van der Waals surface area (Å²) in [4.78, 5) is 3.98. The molecule has 1 rings (SSSR count).